The van der Waals surface area contributed by atoms with Crippen LogP contribution < -0.4 is 5.32 Å². The number of imidazole rings is 1. The molecule has 2 aromatic carbocycles. The Balaban J connectivity index is 1.33. The molecule has 1 aliphatic rings. The van der Waals surface area contributed by atoms with E-state index in [-0.39, 0.29) is 5.91 Å². The fraction of sp³-hybridized carbons (Fsp3) is 0.154. The number of aromatic nitrogens is 2. The monoisotopic (exact) mass is 422 g/mol. The van der Waals surface area contributed by atoms with Crippen molar-refractivity contribution in [2.24, 2.45) is 0 Å². The molecular weight excluding hydrogens is 400 g/mol. The van der Waals surface area contributed by atoms with Gasteiger partial charge in [0, 0.05) is 43.3 Å². The maximum Gasteiger partial charge on any atom is 0.253 e. The SMILES string of the molecule is O=C(c1ccc(-c2ccc3ncc(-c4cc5ccccc5o4)n3c2)cc1)N1CCNCC1. The Morgan fingerprint density at radius 3 is 2.53 bits per heavy atom. The zero-order valence-corrected chi connectivity index (χ0v) is 17.5. The van der Waals surface area contributed by atoms with Gasteiger partial charge in [0.15, 0.2) is 5.76 Å². The molecule has 6 heteroatoms. The first-order valence-corrected chi connectivity index (χ1v) is 10.8. The molecule has 1 saturated heterocycles. The van der Waals surface area contributed by atoms with Crippen molar-refractivity contribution in [1.29, 1.82) is 0 Å². The van der Waals surface area contributed by atoms with Crippen LogP contribution in [0.1, 0.15) is 10.4 Å². The first kappa shape index (κ1) is 18.8. The molecule has 0 radical (unpaired) electrons. The van der Waals surface area contributed by atoms with Crippen LogP contribution in [0.15, 0.2) is 83.5 Å². The number of amides is 1. The fourth-order valence-electron chi connectivity index (χ4n) is 4.30. The Bertz CT molecular complexity index is 1390. The van der Waals surface area contributed by atoms with E-state index in [1.165, 1.54) is 0 Å². The van der Waals surface area contributed by atoms with Crippen LogP contribution in [0.4, 0.5) is 0 Å². The van der Waals surface area contributed by atoms with Gasteiger partial charge in [-0.2, -0.15) is 0 Å². The minimum Gasteiger partial charge on any atom is -0.454 e. The largest absolute Gasteiger partial charge is 0.454 e. The highest BCUT2D eigenvalue weighted by molar-refractivity contribution is 5.94. The first-order chi connectivity index (χ1) is 15.8. The van der Waals surface area contributed by atoms with Crippen molar-refractivity contribution in [1.82, 2.24) is 19.6 Å². The third-order valence-electron chi connectivity index (χ3n) is 6.05. The molecule has 4 heterocycles. The number of nitrogens with one attached hydrogen (secondary N) is 1. The van der Waals surface area contributed by atoms with E-state index in [1.54, 1.807) is 0 Å². The van der Waals surface area contributed by atoms with Gasteiger partial charge in [-0.1, -0.05) is 30.3 Å². The maximum atomic E-state index is 12.7. The Kier molecular flexibility index (Phi) is 4.51. The molecule has 1 fully saturated rings. The van der Waals surface area contributed by atoms with Gasteiger partial charge in [0.2, 0.25) is 0 Å². The molecule has 5 aromatic rings. The van der Waals surface area contributed by atoms with Crippen LogP contribution in [0.3, 0.4) is 0 Å². The number of carbonyl (C=O) groups excluding carboxylic acids is 1. The zero-order valence-electron chi connectivity index (χ0n) is 17.5. The van der Waals surface area contributed by atoms with E-state index in [0.717, 1.165) is 70.9 Å². The topological polar surface area (TPSA) is 62.8 Å². The average molecular weight is 422 g/mol. The minimum atomic E-state index is 0.0929. The molecule has 3 aromatic heterocycles. The van der Waals surface area contributed by atoms with Gasteiger partial charge in [-0.3, -0.25) is 9.20 Å². The van der Waals surface area contributed by atoms with E-state index in [1.807, 2.05) is 76.2 Å². The summed E-state index contributed by atoms with van der Waals surface area (Å²) in [4.78, 5) is 19.2. The summed E-state index contributed by atoms with van der Waals surface area (Å²) in [5.41, 5.74) is 5.45. The van der Waals surface area contributed by atoms with Gasteiger partial charge in [0.05, 0.1) is 6.20 Å². The molecule has 6 rings (SSSR count). The molecule has 0 atom stereocenters. The van der Waals surface area contributed by atoms with Crippen LogP contribution in [0, 0.1) is 0 Å². The molecule has 1 amide bonds. The number of piperazine rings is 1. The highest BCUT2D eigenvalue weighted by atomic mass is 16.3. The third-order valence-corrected chi connectivity index (χ3v) is 6.05. The molecule has 0 bridgehead atoms. The second-order valence-electron chi connectivity index (χ2n) is 8.06. The Morgan fingerprint density at radius 2 is 1.72 bits per heavy atom. The van der Waals surface area contributed by atoms with Crippen molar-refractivity contribution in [2.75, 3.05) is 26.2 Å². The van der Waals surface area contributed by atoms with Crippen LogP contribution in [0.2, 0.25) is 0 Å². The van der Waals surface area contributed by atoms with Crippen LogP contribution >= 0.6 is 0 Å². The van der Waals surface area contributed by atoms with E-state index >= 15 is 0 Å². The van der Waals surface area contributed by atoms with Gasteiger partial charge < -0.3 is 14.6 Å². The van der Waals surface area contributed by atoms with Gasteiger partial charge >= 0.3 is 0 Å². The highest BCUT2D eigenvalue weighted by Crippen LogP contribution is 2.30. The van der Waals surface area contributed by atoms with Crippen molar-refractivity contribution in [3.8, 4) is 22.6 Å². The molecule has 0 aliphatic carbocycles. The number of para-hydroxylation sites is 1. The van der Waals surface area contributed by atoms with E-state index in [2.05, 4.69) is 22.6 Å². The van der Waals surface area contributed by atoms with Crippen LogP contribution in [0.25, 0.3) is 39.2 Å². The Hall–Kier alpha value is -3.90. The lowest BCUT2D eigenvalue weighted by atomic mass is 10.0. The summed E-state index contributed by atoms with van der Waals surface area (Å²) < 4.78 is 8.11. The number of hydrogen-bond donors (Lipinski definition) is 1. The van der Waals surface area contributed by atoms with Gasteiger partial charge in [0.1, 0.15) is 16.9 Å². The quantitative estimate of drug-likeness (QED) is 0.466. The van der Waals surface area contributed by atoms with Gasteiger partial charge in [0.25, 0.3) is 5.91 Å². The molecule has 6 nitrogen and oxygen atoms in total. The van der Waals surface area contributed by atoms with Crippen molar-refractivity contribution in [3.05, 3.63) is 84.7 Å². The van der Waals surface area contributed by atoms with Crippen molar-refractivity contribution < 1.29 is 9.21 Å². The molecule has 0 spiro atoms. The summed E-state index contributed by atoms with van der Waals surface area (Å²) in [6.07, 6.45) is 3.91. The summed E-state index contributed by atoms with van der Waals surface area (Å²) in [7, 11) is 0. The number of pyridine rings is 1. The lowest BCUT2D eigenvalue weighted by Gasteiger charge is -2.27. The average Bonchev–Trinajstić information content (AvgIpc) is 3.47. The number of hydrogen-bond acceptors (Lipinski definition) is 4. The molecule has 32 heavy (non-hydrogen) atoms. The van der Waals surface area contributed by atoms with Gasteiger partial charge in [-0.25, -0.2) is 4.98 Å². The molecular formula is C26H22N4O2. The van der Waals surface area contributed by atoms with E-state index in [9.17, 15) is 4.79 Å². The molecule has 0 unspecified atom stereocenters. The smallest absolute Gasteiger partial charge is 0.253 e. The number of furan rings is 1. The molecule has 1 aliphatic heterocycles. The highest BCUT2D eigenvalue weighted by Gasteiger charge is 2.18. The third kappa shape index (κ3) is 3.25. The number of rotatable bonds is 3. The predicted octanol–water partition coefficient (Wildman–Crippen LogP) is 4.46. The zero-order chi connectivity index (χ0) is 21.5. The minimum absolute atomic E-state index is 0.0929. The van der Waals surface area contributed by atoms with Crippen molar-refractivity contribution in [3.63, 3.8) is 0 Å². The second-order valence-corrected chi connectivity index (χ2v) is 8.06. The van der Waals surface area contributed by atoms with E-state index in [4.69, 9.17) is 4.42 Å². The van der Waals surface area contributed by atoms with Crippen LogP contribution in [-0.4, -0.2) is 46.4 Å². The Morgan fingerprint density at radius 1 is 0.938 bits per heavy atom. The van der Waals surface area contributed by atoms with Gasteiger partial charge in [-0.05, 0) is 47.5 Å². The number of nitrogens with zero attached hydrogens (tertiary/aromatic N) is 3. The summed E-state index contributed by atoms with van der Waals surface area (Å²) in [6, 6.07) is 21.9. The molecule has 1 N–H and O–H groups in total. The first-order valence-electron chi connectivity index (χ1n) is 10.8. The lowest BCUT2D eigenvalue weighted by molar-refractivity contribution is 0.0736. The van der Waals surface area contributed by atoms with Crippen LogP contribution in [0.5, 0.6) is 0 Å². The summed E-state index contributed by atoms with van der Waals surface area (Å²) >= 11 is 0. The maximum absolute atomic E-state index is 12.7. The normalized spacial score (nSPS) is 14.3. The summed E-state index contributed by atoms with van der Waals surface area (Å²) in [6.45, 7) is 3.20. The van der Waals surface area contributed by atoms with E-state index < -0.39 is 0 Å². The van der Waals surface area contributed by atoms with Crippen molar-refractivity contribution in [2.45, 2.75) is 0 Å². The van der Waals surface area contributed by atoms with Gasteiger partial charge in [-0.15, -0.1) is 0 Å². The summed E-state index contributed by atoms with van der Waals surface area (Å²) in [5.74, 6) is 0.878. The predicted molar refractivity (Wildman–Crippen MR) is 125 cm³/mol. The standard InChI is InChI=1S/C26H22N4O2/c31-26(29-13-11-27-12-14-29)19-7-5-18(6-8-19)21-9-10-25-28-16-22(30(25)17-21)24-15-20-3-1-2-4-23(20)32-24/h1-10,15-17,27H,11-14H2. The van der Waals surface area contributed by atoms with Crippen LogP contribution in [-0.2, 0) is 0 Å². The Labute approximate surface area is 185 Å². The van der Waals surface area contributed by atoms with E-state index in [0.29, 0.717) is 0 Å². The molecule has 158 valence electrons. The number of fused-ring (bicyclic) bond motifs is 2. The number of carbonyl (C=O) groups is 1. The second kappa shape index (κ2) is 7.66. The summed E-state index contributed by atoms with van der Waals surface area (Å²) in [5, 5.41) is 4.35. The lowest BCUT2D eigenvalue weighted by Crippen LogP contribution is -2.46. The molecule has 0 saturated carbocycles. The van der Waals surface area contributed by atoms with Crippen molar-refractivity contribution >= 4 is 22.5 Å². The fourth-order valence-corrected chi connectivity index (χ4v) is 4.30. The number of benzene rings is 2.